The van der Waals surface area contributed by atoms with Crippen LogP contribution in [0.15, 0.2) is 12.1 Å². The Balaban J connectivity index is 2.14. The van der Waals surface area contributed by atoms with Gasteiger partial charge in [-0.1, -0.05) is 29.8 Å². The Morgan fingerprint density at radius 2 is 1.81 bits per heavy atom. The summed E-state index contributed by atoms with van der Waals surface area (Å²) in [6.07, 6.45) is 0.919. The van der Waals surface area contributed by atoms with Gasteiger partial charge in [0.15, 0.2) is 17.0 Å². The summed E-state index contributed by atoms with van der Waals surface area (Å²) in [6, 6.07) is 4.45. The highest BCUT2D eigenvalue weighted by atomic mass is 16.5. The van der Waals surface area contributed by atoms with Crippen molar-refractivity contribution in [1.29, 1.82) is 0 Å². The smallest absolute Gasteiger partial charge is 0.189 e. The van der Waals surface area contributed by atoms with E-state index in [1.165, 1.54) is 5.56 Å². The first-order valence-corrected chi connectivity index (χ1v) is 8.88. The molecule has 0 bridgehead atoms. The highest BCUT2D eigenvalue weighted by molar-refractivity contribution is 5.83. The average molecular weight is 354 g/mol. The van der Waals surface area contributed by atoms with E-state index >= 15 is 0 Å². The Hall–Kier alpha value is -2.54. The fraction of sp³-hybridized carbons (Fsp3) is 0.474. The summed E-state index contributed by atoms with van der Waals surface area (Å²) >= 11 is 0. The molecule has 2 heterocycles. The standard InChI is InChI=1S/C19H26N6O/c1-7-15(10-26-6)22-18-16-19(21-14(5)20-18)25(24-23-16)17-12(3)8-11(2)9-13(17)4/h8-9,15H,7,10H2,1-6H3,(H,20,21,22). The van der Waals surface area contributed by atoms with Crippen LogP contribution in [0.5, 0.6) is 0 Å². The summed E-state index contributed by atoms with van der Waals surface area (Å²) in [5, 5.41) is 12.2. The molecule has 3 rings (SSSR count). The molecule has 26 heavy (non-hydrogen) atoms. The van der Waals surface area contributed by atoms with Gasteiger partial charge in [-0.05, 0) is 45.2 Å². The summed E-state index contributed by atoms with van der Waals surface area (Å²) < 4.78 is 7.10. The fourth-order valence-electron chi connectivity index (χ4n) is 3.34. The first-order valence-electron chi connectivity index (χ1n) is 8.88. The van der Waals surface area contributed by atoms with Crippen LogP contribution in [0.2, 0.25) is 0 Å². The molecular formula is C19H26N6O. The third kappa shape index (κ3) is 3.39. The number of nitrogens with zero attached hydrogens (tertiary/aromatic N) is 5. The zero-order chi connectivity index (χ0) is 18.8. The van der Waals surface area contributed by atoms with Gasteiger partial charge >= 0.3 is 0 Å². The van der Waals surface area contributed by atoms with Gasteiger partial charge in [-0.15, -0.1) is 5.10 Å². The van der Waals surface area contributed by atoms with Crippen molar-refractivity contribution in [2.75, 3.05) is 19.0 Å². The van der Waals surface area contributed by atoms with Crippen molar-refractivity contribution in [2.24, 2.45) is 0 Å². The lowest BCUT2D eigenvalue weighted by Crippen LogP contribution is -2.25. The number of fused-ring (bicyclic) bond motifs is 1. The molecule has 0 amide bonds. The summed E-state index contributed by atoms with van der Waals surface area (Å²) in [5.41, 5.74) is 5.92. The summed E-state index contributed by atoms with van der Waals surface area (Å²) in [7, 11) is 1.70. The van der Waals surface area contributed by atoms with E-state index in [4.69, 9.17) is 4.74 Å². The first kappa shape index (κ1) is 18.3. The lowest BCUT2D eigenvalue weighted by molar-refractivity contribution is 0.184. The summed E-state index contributed by atoms with van der Waals surface area (Å²) in [5.74, 6) is 1.38. The molecule has 0 spiro atoms. The normalized spacial score (nSPS) is 12.5. The molecule has 1 atom stereocenters. The van der Waals surface area contributed by atoms with E-state index in [1.54, 1.807) is 7.11 Å². The van der Waals surface area contributed by atoms with Gasteiger partial charge in [0, 0.05) is 7.11 Å². The highest BCUT2D eigenvalue weighted by Gasteiger charge is 2.19. The molecule has 2 aromatic heterocycles. The Kier molecular flexibility index (Phi) is 5.18. The quantitative estimate of drug-likeness (QED) is 0.732. The molecule has 0 aliphatic heterocycles. The van der Waals surface area contributed by atoms with Crippen LogP contribution in [0.1, 0.15) is 35.9 Å². The molecule has 3 aromatic rings. The molecule has 1 unspecified atom stereocenters. The van der Waals surface area contributed by atoms with Crippen molar-refractivity contribution in [3.63, 3.8) is 0 Å². The number of aryl methyl sites for hydroxylation is 4. The molecule has 1 N–H and O–H groups in total. The fourth-order valence-corrected chi connectivity index (χ4v) is 3.34. The summed E-state index contributed by atoms with van der Waals surface area (Å²) in [6.45, 7) is 10.9. The van der Waals surface area contributed by atoms with E-state index in [1.807, 2.05) is 11.6 Å². The Morgan fingerprint density at radius 3 is 2.42 bits per heavy atom. The van der Waals surface area contributed by atoms with Crippen LogP contribution in [0.25, 0.3) is 16.9 Å². The van der Waals surface area contributed by atoms with Gasteiger partial charge < -0.3 is 10.1 Å². The largest absolute Gasteiger partial charge is 0.383 e. The SMILES string of the molecule is CCC(COC)Nc1nc(C)nc2c1nnn2-c1c(C)cc(C)cc1C. The van der Waals surface area contributed by atoms with Crippen molar-refractivity contribution >= 4 is 17.0 Å². The first-order chi connectivity index (χ1) is 12.4. The molecule has 7 nitrogen and oxygen atoms in total. The molecule has 1 aromatic carbocycles. The van der Waals surface area contributed by atoms with E-state index in [-0.39, 0.29) is 6.04 Å². The number of aromatic nitrogens is 5. The lowest BCUT2D eigenvalue weighted by atomic mass is 10.1. The number of methoxy groups -OCH3 is 1. The second-order valence-corrected chi connectivity index (χ2v) is 6.75. The van der Waals surface area contributed by atoms with Crippen LogP contribution in [-0.4, -0.2) is 44.7 Å². The van der Waals surface area contributed by atoms with Crippen molar-refractivity contribution in [2.45, 2.75) is 47.1 Å². The van der Waals surface area contributed by atoms with Crippen LogP contribution in [0.3, 0.4) is 0 Å². The van der Waals surface area contributed by atoms with Gasteiger partial charge in [0.25, 0.3) is 0 Å². The van der Waals surface area contributed by atoms with E-state index < -0.39 is 0 Å². The Morgan fingerprint density at radius 1 is 1.12 bits per heavy atom. The van der Waals surface area contributed by atoms with Crippen LogP contribution in [0, 0.1) is 27.7 Å². The highest BCUT2D eigenvalue weighted by Crippen LogP contribution is 2.26. The van der Waals surface area contributed by atoms with Crippen LogP contribution in [-0.2, 0) is 4.74 Å². The number of anilines is 1. The second kappa shape index (κ2) is 7.37. The van der Waals surface area contributed by atoms with Gasteiger partial charge in [-0.2, -0.15) is 4.68 Å². The lowest BCUT2D eigenvalue weighted by Gasteiger charge is -2.17. The summed E-state index contributed by atoms with van der Waals surface area (Å²) in [4.78, 5) is 9.16. The molecule has 0 aliphatic rings. The van der Waals surface area contributed by atoms with E-state index in [0.29, 0.717) is 29.4 Å². The van der Waals surface area contributed by atoms with E-state index in [0.717, 1.165) is 23.2 Å². The van der Waals surface area contributed by atoms with E-state index in [2.05, 4.69) is 65.4 Å². The van der Waals surface area contributed by atoms with Crippen molar-refractivity contribution in [1.82, 2.24) is 25.0 Å². The maximum Gasteiger partial charge on any atom is 0.189 e. The van der Waals surface area contributed by atoms with Gasteiger partial charge in [0.2, 0.25) is 0 Å². The van der Waals surface area contributed by atoms with E-state index in [9.17, 15) is 0 Å². The predicted octanol–water partition coefficient (Wildman–Crippen LogP) is 3.28. The maximum atomic E-state index is 5.28. The number of ether oxygens (including phenoxy) is 1. The number of benzene rings is 1. The minimum Gasteiger partial charge on any atom is -0.383 e. The van der Waals surface area contributed by atoms with Gasteiger partial charge in [0.1, 0.15) is 5.82 Å². The monoisotopic (exact) mass is 354 g/mol. The Labute approximate surface area is 153 Å². The molecule has 138 valence electrons. The Bertz CT molecular complexity index is 910. The van der Waals surface area contributed by atoms with Gasteiger partial charge in [-0.25, -0.2) is 9.97 Å². The third-order valence-electron chi connectivity index (χ3n) is 4.46. The zero-order valence-corrected chi connectivity index (χ0v) is 16.3. The molecule has 0 fully saturated rings. The van der Waals surface area contributed by atoms with Crippen molar-refractivity contribution in [3.8, 4) is 5.69 Å². The molecule has 0 saturated carbocycles. The average Bonchev–Trinajstić information content (AvgIpc) is 2.97. The van der Waals surface area contributed by atoms with Gasteiger partial charge in [0.05, 0.1) is 18.3 Å². The molecule has 0 aliphatic carbocycles. The number of rotatable bonds is 6. The number of nitrogens with one attached hydrogen (secondary N) is 1. The number of hydrogen-bond donors (Lipinski definition) is 1. The van der Waals surface area contributed by atoms with Crippen LogP contribution in [0.4, 0.5) is 5.82 Å². The number of hydrogen-bond acceptors (Lipinski definition) is 6. The second-order valence-electron chi connectivity index (χ2n) is 6.75. The molecule has 7 heteroatoms. The van der Waals surface area contributed by atoms with Crippen LogP contribution < -0.4 is 5.32 Å². The predicted molar refractivity (Wildman–Crippen MR) is 103 cm³/mol. The van der Waals surface area contributed by atoms with Crippen LogP contribution >= 0.6 is 0 Å². The minimum atomic E-state index is 0.158. The minimum absolute atomic E-state index is 0.158. The van der Waals surface area contributed by atoms with Gasteiger partial charge in [-0.3, -0.25) is 0 Å². The molecule has 0 radical (unpaired) electrons. The molecular weight excluding hydrogens is 328 g/mol. The van der Waals surface area contributed by atoms with Crippen molar-refractivity contribution in [3.05, 3.63) is 34.6 Å². The molecule has 0 saturated heterocycles. The third-order valence-corrected chi connectivity index (χ3v) is 4.46. The zero-order valence-electron chi connectivity index (χ0n) is 16.3. The maximum absolute atomic E-state index is 5.28. The topological polar surface area (TPSA) is 77.8 Å². The van der Waals surface area contributed by atoms with Crippen molar-refractivity contribution < 1.29 is 4.74 Å².